The molecule has 0 bridgehead atoms. The average molecular weight is 265 g/mol. The number of aromatic nitrogens is 1. The number of carbonyl (C=O) groups excluding carboxylic acids is 2. The van der Waals surface area contributed by atoms with Crippen molar-refractivity contribution in [2.75, 3.05) is 26.2 Å². The monoisotopic (exact) mass is 265 g/mol. The van der Waals surface area contributed by atoms with Crippen molar-refractivity contribution in [1.82, 2.24) is 14.8 Å². The molecule has 0 radical (unpaired) electrons. The molecule has 1 aliphatic heterocycles. The second-order valence-electron chi connectivity index (χ2n) is 5.02. The van der Waals surface area contributed by atoms with Crippen LogP contribution in [0.15, 0.2) is 10.8 Å². The summed E-state index contributed by atoms with van der Waals surface area (Å²) >= 11 is 0. The molecule has 1 aromatic rings. The zero-order chi connectivity index (χ0) is 14.0. The first-order valence-corrected chi connectivity index (χ1v) is 6.49. The first-order chi connectivity index (χ1) is 9.00. The SMILES string of the molecule is CC(=O)N1CCN(C(=O)c2ocnc2C(C)C)CC1. The molecule has 1 saturated heterocycles. The fraction of sp³-hybridized carbons (Fsp3) is 0.615. The van der Waals surface area contributed by atoms with Crippen molar-refractivity contribution in [2.24, 2.45) is 0 Å². The number of hydrogen-bond donors (Lipinski definition) is 0. The highest BCUT2D eigenvalue weighted by Crippen LogP contribution is 2.19. The molecule has 2 heterocycles. The normalized spacial score (nSPS) is 16.0. The van der Waals surface area contributed by atoms with Gasteiger partial charge in [0, 0.05) is 33.1 Å². The van der Waals surface area contributed by atoms with Gasteiger partial charge in [0.2, 0.25) is 11.7 Å². The lowest BCUT2D eigenvalue weighted by Crippen LogP contribution is -2.50. The fourth-order valence-corrected chi connectivity index (χ4v) is 2.19. The number of carbonyl (C=O) groups is 2. The van der Waals surface area contributed by atoms with Gasteiger partial charge in [0.25, 0.3) is 5.91 Å². The Bertz CT molecular complexity index is 473. The summed E-state index contributed by atoms with van der Waals surface area (Å²) in [4.78, 5) is 31.1. The maximum atomic E-state index is 12.4. The van der Waals surface area contributed by atoms with Crippen LogP contribution in [0, 0.1) is 0 Å². The summed E-state index contributed by atoms with van der Waals surface area (Å²) in [5.41, 5.74) is 0.694. The van der Waals surface area contributed by atoms with E-state index in [-0.39, 0.29) is 17.7 Å². The topological polar surface area (TPSA) is 66.7 Å². The van der Waals surface area contributed by atoms with Crippen LogP contribution in [0.25, 0.3) is 0 Å². The molecule has 1 aromatic heterocycles. The molecule has 1 aliphatic rings. The highest BCUT2D eigenvalue weighted by molar-refractivity contribution is 5.92. The van der Waals surface area contributed by atoms with E-state index in [1.807, 2.05) is 13.8 Å². The molecule has 0 atom stereocenters. The van der Waals surface area contributed by atoms with Crippen LogP contribution >= 0.6 is 0 Å². The summed E-state index contributed by atoms with van der Waals surface area (Å²) in [6.07, 6.45) is 1.31. The van der Waals surface area contributed by atoms with Crippen LogP contribution < -0.4 is 0 Å². The van der Waals surface area contributed by atoms with E-state index in [0.29, 0.717) is 37.6 Å². The summed E-state index contributed by atoms with van der Waals surface area (Å²) in [5, 5.41) is 0. The van der Waals surface area contributed by atoms with Crippen LogP contribution in [-0.2, 0) is 4.79 Å². The lowest BCUT2D eigenvalue weighted by atomic mass is 10.1. The minimum Gasteiger partial charge on any atom is -0.438 e. The lowest BCUT2D eigenvalue weighted by Gasteiger charge is -2.33. The van der Waals surface area contributed by atoms with E-state index in [2.05, 4.69) is 4.98 Å². The predicted octanol–water partition coefficient (Wildman–Crippen LogP) is 1.10. The molecule has 0 aliphatic carbocycles. The predicted molar refractivity (Wildman–Crippen MR) is 68.7 cm³/mol. The summed E-state index contributed by atoms with van der Waals surface area (Å²) in [6, 6.07) is 0. The molecule has 0 N–H and O–H groups in total. The number of nitrogens with zero attached hydrogens (tertiary/aromatic N) is 3. The minimum atomic E-state index is -0.135. The summed E-state index contributed by atoms with van der Waals surface area (Å²) in [6.45, 7) is 7.72. The summed E-state index contributed by atoms with van der Waals surface area (Å²) < 4.78 is 5.23. The molecule has 6 nitrogen and oxygen atoms in total. The van der Waals surface area contributed by atoms with Gasteiger partial charge in [-0.15, -0.1) is 0 Å². The zero-order valence-electron chi connectivity index (χ0n) is 11.5. The largest absolute Gasteiger partial charge is 0.438 e. The first kappa shape index (κ1) is 13.6. The smallest absolute Gasteiger partial charge is 0.291 e. The van der Waals surface area contributed by atoms with Crippen LogP contribution in [-0.4, -0.2) is 52.8 Å². The van der Waals surface area contributed by atoms with Gasteiger partial charge in [-0.25, -0.2) is 4.98 Å². The first-order valence-electron chi connectivity index (χ1n) is 6.49. The van der Waals surface area contributed by atoms with Crippen LogP contribution in [0.2, 0.25) is 0 Å². The molecule has 0 saturated carbocycles. The van der Waals surface area contributed by atoms with Gasteiger partial charge in [-0.05, 0) is 5.92 Å². The Morgan fingerprint density at radius 2 is 1.79 bits per heavy atom. The lowest BCUT2D eigenvalue weighted by molar-refractivity contribution is -0.130. The fourth-order valence-electron chi connectivity index (χ4n) is 2.19. The molecule has 6 heteroatoms. The molecule has 1 fully saturated rings. The van der Waals surface area contributed by atoms with Gasteiger partial charge < -0.3 is 14.2 Å². The highest BCUT2D eigenvalue weighted by Gasteiger charge is 2.28. The maximum Gasteiger partial charge on any atom is 0.291 e. The van der Waals surface area contributed by atoms with Crippen LogP contribution in [0.3, 0.4) is 0 Å². The molecular formula is C13H19N3O3. The molecule has 0 unspecified atom stereocenters. The van der Waals surface area contributed by atoms with E-state index in [0.717, 1.165) is 0 Å². The molecule has 0 aromatic carbocycles. The number of rotatable bonds is 2. The van der Waals surface area contributed by atoms with Crippen molar-refractivity contribution in [3.63, 3.8) is 0 Å². The third kappa shape index (κ3) is 2.77. The van der Waals surface area contributed by atoms with Crippen molar-refractivity contribution in [2.45, 2.75) is 26.7 Å². The van der Waals surface area contributed by atoms with Crippen LogP contribution in [0.5, 0.6) is 0 Å². The van der Waals surface area contributed by atoms with Gasteiger partial charge in [0.1, 0.15) is 0 Å². The third-order valence-electron chi connectivity index (χ3n) is 3.35. The Morgan fingerprint density at radius 1 is 1.21 bits per heavy atom. The van der Waals surface area contributed by atoms with Crippen molar-refractivity contribution in [3.8, 4) is 0 Å². The zero-order valence-corrected chi connectivity index (χ0v) is 11.5. The Hall–Kier alpha value is -1.85. The van der Waals surface area contributed by atoms with Crippen molar-refractivity contribution >= 4 is 11.8 Å². The Balaban J connectivity index is 2.05. The van der Waals surface area contributed by atoms with E-state index in [9.17, 15) is 9.59 Å². The Labute approximate surface area is 112 Å². The van der Waals surface area contributed by atoms with Gasteiger partial charge in [-0.1, -0.05) is 13.8 Å². The van der Waals surface area contributed by atoms with E-state index in [4.69, 9.17) is 4.42 Å². The summed E-state index contributed by atoms with van der Waals surface area (Å²) in [5.74, 6) is 0.390. The quantitative estimate of drug-likeness (QED) is 0.803. The van der Waals surface area contributed by atoms with Crippen molar-refractivity contribution in [3.05, 3.63) is 17.8 Å². The van der Waals surface area contributed by atoms with E-state index in [1.54, 1.807) is 16.7 Å². The number of oxazole rings is 1. The van der Waals surface area contributed by atoms with Gasteiger partial charge in [-0.3, -0.25) is 9.59 Å². The second kappa shape index (κ2) is 5.42. The van der Waals surface area contributed by atoms with Gasteiger partial charge in [0.15, 0.2) is 6.39 Å². The van der Waals surface area contributed by atoms with Gasteiger partial charge in [0.05, 0.1) is 5.69 Å². The highest BCUT2D eigenvalue weighted by atomic mass is 16.3. The molecular weight excluding hydrogens is 246 g/mol. The Morgan fingerprint density at radius 3 is 2.32 bits per heavy atom. The van der Waals surface area contributed by atoms with Crippen LogP contribution in [0.4, 0.5) is 0 Å². The summed E-state index contributed by atoms with van der Waals surface area (Å²) in [7, 11) is 0. The third-order valence-corrected chi connectivity index (χ3v) is 3.35. The number of amides is 2. The molecule has 104 valence electrons. The Kier molecular flexibility index (Phi) is 3.87. The van der Waals surface area contributed by atoms with Crippen LogP contribution in [0.1, 0.15) is 42.9 Å². The second-order valence-corrected chi connectivity index (χ2v) is 5.02. The van der Waals surface area contributed by atoms with E-state index < -0.39 is 0 Å². The van der Waals surface area contributed by atoms with E-state index >= 15 is 0 Å². The van der Waals surface area contributed by atoms with Gasteiger partial charge >= 0.3 is 0 Å². The average Bonchev–Trinajstić information content (AvgIpc) is 2.87. The molecule has 19 heavy (non-hydrogen) atoms. The van der Waals surface area contributed by atoms with E-state index in [1.165, 1.54) is 6.39 Å². The van der Waals surface area contributed by atoms with Crippen molar-refractivity contribution < 1.29 is 14.0 Å². The standard InChI is InChI=1S/C13H19N3O3/c1-9(2)11-12(19-8-14-11)13(18)16-6-4-15(5-7-16)10(3)17/h8-9H,4-7H2,1-3H3. The number of hydrogen-bond acceptors (Lipinski definition) is 4. The van der Waals surface area contributed by atoms with Crippen molar-refractivity contribution in [1.29, 1.82) is 0 Å². The minimum absolute atomic E-state index is 0.0506. The molecule has 0 spiro atoms. The molecule has 2 amide bonds. The van der Waals surface area contributed by atoms with Gasteiger partial charge in [-0.2, -0.15) is 0 Å². The number of piperazine rings is 1. The molecule has 2 rings (SSSR count). The maximum absolute atomic E-state index is 12.4.